The maximum atomic E-state index is 14.1. The summed E-state index contributed by atoms with van der Waals surface area (Å²) < 4.78 is 89.3. The van der Waals surface area contributed by atoms with Gasteiger partial charge in [-0.2, -0.15) is 0 Å². The molecule has 0 aliphatic rings. The maximum absolute atomic E-state index is 14.1. The molecule has 0 saturated heterocycles. The second-order valence-corrected chi connectivity index (χ2v) is 11.3. The predicted molar refractivity (Wildman–Crippen MR) is 123 cm³/mol. The third-order valence-electron chi connectivity index (χ3n) is 4.13. The van der Waals surface area contributed by atoms with Crippen molar-refractivity contribution in [1.29, 1.82) is 0 Å². The minimum Gasteiger partial charge on any atom is -0.495 e. The number of hydrogen-bond donors (Lipinski definition) is 2. The van der Waals surface area contributed by atoms with Crippen LogP contribution in [0.4, 0.5) is 20.2 Å². The van der Waals surface area contributed by atoms with Gasteiger partial charge in [-0.3, -0.25) is 9.44 Å². The van der Waals surface area contributed by atoms with Crippen LogP contribution in [-0.2, 0) is 20.0 Å². The van der Waals surface area contributed by atoms with E-state index in [1.165, 1.54) is 31.4 Å². The van der Waals surface area contributed by atoms with E-state index in [9.17, 15) is 25.6 Å². The number of sulfonamides is 2. The fraction of sp³-hybridized carbons (Fsp3) is 0.0526. The number of rotatable bonds is 7. The number of para-hydroxylation sites is 2. The average Bonchev–Trinajstić information content (AvgIpc) is 2.73. The molecule has 0 aromatic heterocycles. The van der Waals surface area contributed by atoms with Gasteiger partial charge in [0.25, 0.3) is 20.0 Å². The van der Waals surface area contributed by atoms with Crippen molar-refractivity contribution in [3.63, 3.8) is 0 Å². The van der Waals surface area contributed by atoms with Crippen LogP contribution in [0.1, 0.15) is 0 Å². The summed E-state index contributed by atoms with van der Waals surface area (Å²) in [4.78, 5) is -1.05. The summed E-state index contributed by atoms with van der Waals surface area (Å²) in [5.74, 6) is -1.87. The van der Waals surface area contributed by atoms with Crippen molar-refractivity contribution in [3.8, 4) is 5.75 Å². The largest absolute Gasteiger partial charge is 0.495 e. The van der Waals surface area contributed by atoms with Gasteiger partial charge in [-0.05, 0) is 74.3 Å². The van der Waals surface area contributed by atoms with Crippen molar-refractivity contribution in [2.75, 3.05) is 16.6 Å². The van der Waals surface area contributed by atoms with E-state index < -0.39 is 41.5 Å². The lowest BCUT2D eigenvalue weighted by atomic mass is 10.3. The molecule has 13 heteroatoms. The van der Waals surface area contributed by atoms with Crippen molar-refractivity contribution < 1.29 is 30.4 Å². The molecule has 170 valence electrons. The van der Waals surface area contributed by atoms with Crippen molar-refractivity contribution >= 4 is 63.3 Å². The highest BCUT2D eigenvalue weighted by molar-refractivity contribution is 9.11. The minimum absolute atomic E-state index is 0.134. The Morgan fingerprint density at radius 1 is 0.781 bits per heavy atom. The summed E-state index contributed by atoms with van der Waals surface area (Å²) >= 11 is 6.12. The summed E-state index contributed by atoms with van der Waals surface area (Å²) in [6, 6.07) is 10.8. The molecular weight excluding hydrogens is 598 g/mol. The number of methoxy groups -OCH3 is 1. The van der Waals surface area contributed by atoms with Gasteiger partial charge in [-0.25, -0.2) is 25.6 Å². The van der Waals surface area contributed by atoms with Crippen LogP contribution in [0.3, 0.4) is 0 Å². The Kier molecular flexibility index (Phi) is 7.12. The molecule has 3 aromatic carbocycles. The Bertz CT molecular complexity index is 1360. The van der Waals surface area contributed by atoms with E-state index in [1.807, 2.05) is 0 Å². The third kappa shape index (κ3) is 5.05. The number of nitrogens with one attached hydrogen (secondary N) is 2. The Hall–Kier alpha value is -2.22. The summed E-state index contributed by atoms with van der Waals surface area (Å²) in [5.41, 5.74) is -0.711. The molecule has 0 aliphatic heterocycles. The number of hydrogen-bond acceptors (Lipinski definition) is 5. The van der Waals surface area contributed by atoms with E-state index in [0.29, 0.717) is 0 Å². The molecule has 7 nitrogen and oxygen atoms in total. The van der Waals surface area contributed by atoms with Crippen molar-refractivity contribution in [1.82, 2.24) is 0 Å². The second kappa shape index (κ2) is 9.33. The van der Waals surface area contributed by atoms with Gasteiger partial charge in [0, 0.05) is 8.95 Å². The Morgan fingerprint density at radius 3 is 1.75 bits per heavy atom. The fourth-order valence-corrected chi connectivity index (χ4v) is 6.23. The van der Waals surface area contributed by atoms with Gasteiger partial charge in [0.1, 0.15) is 22.3 Å². The average molecular weight is 612 g/mol. The normalized spacial score (nSPS) is 11.8. The zero-order valence-electron chi connectivity index (χ0n) is 16.1. The van der Waals surface area contributed by atoms with Gasteiger partial charge in [-0.1, -0.05) is 12.1 Å². The van der Waals surface area contributed by atoms with E-state index in [1.54, 1.807) is 0 Å². The molecule has 0 atom stereocenters. The molecule has 0 spiro atoms. The Balaban J connectivity index is 2.07. The SMILES string of the molecule is COc1ccc(S(=O)(=O)Nc2c(F)cccc2Br)cc1S(=O)(=O)Nc1c(F)cccc1Br. The molecule has 2 N–H and O–H groups in total. The van der Waals surface area contributed by atoms with Gasteiger partial charge in [0.2, 0.25) is 0 Å². The third-order valence-corrected chi connectivity index (χ3v) is 8.17. The Morgan fingerprint density at radius 2 is 1.28 bits per heavy atom. The van der Waals surface area contributed by atoms with Crippen molar-refractivity contribution in [2.45, 2.75) is 9.79 Å². The van der Waals surface area contributed by atoms with Gasteiger partial charge in [0.05, 0.1) is 23.4 Å². The molecular formula is C19H14Br2F2N2O5S2. The first-order chi connectivity index (χ1) is 15.0. The van der Waals surface area contributed by atoms with E-state index in [0.717, 1.165) is 30.3 Å². The molecule has 0 bridgehead atoms. The van der Waals surface area contributed by atoms with Crippen LogP contribution in [0.25, 0.3) is 0 Å². The van der Waals surface area contributed by atoms with Crippen LogP contribution in [-0.4, -0.2) is 23.9 Å². The Labute approximate surface area is 200 Å². The molecule has 3 rings (SSSR count). The van der Waals surface area contributed by atoms with E-state index in [2.05, 4.69) is 41.3 Å². The minimum atomic E-state index is -4.49. The van der Waals surface area contributed by atoms with E-state index >= 15 is 0 Å². The number of ether oxygens (including phenoxy) is 1. The lowest BCUT2D eigenvalue weighted by Crippen LogP contribution is -2.18. The highest BCUT2D eigenvalue weighted by Gasteiger charge is 2.26. The van der Waals surface area contributed by atoms with Crippen LogP contribution in [0.2, 0.25) is 0 Å². The summed E-state index contributed by atoms with van der Waals surface area (Å²) in [5, 5.41) is 0. The van der Waals surface area contributed by atoms with Crippen LogP contribution in [0, 0.1) is 11.6 Å². The summed E-state index contributed by atoms with van der Waals surface area (Å²) in [6.07, 6.45) is 0. The first kappa shape index (κ1) is 24.4. The first-order valence-electron chi connectivity index (χ1n) is 8.58. The van der Waals surface area contributed by atoms with E-state index in [-0.39, 0.29) is 26.1 Å². The number of halogens is 4. The number of anilines is 2. The molecule has 0 aliphatic carbocycles. The maximum Gasteiger partial charge on any atom is 0.265 e. The molecule has 3 aromatic rings. The van der Waals surface area contributed by atoms with Crippen LogP contribution < -0.4 is 14.2 Å². The molecule has 0 heterocycles. The zero-order valence-corrected chi connectivity index (χ0v) is 20.9. The molecule has 0 unspecified atom stereocenters. The lowest BCUT2D eigenvalue weighted by molar-refractivity contribution is 0.402. The highest BCUT2D eigenvalue weighted by Crippen LogP contribution is 2.33. The highest BCUT2D eigenvalue weighted by atomic mass is 79.9. The summed E-state index contributed by atoms with van der Waals surface area (Å²) in [6.45, 7) is 0. The molecule has 0 amide bonds. The van der Waals surface area contributed by atoms with Gasteiger partial charge in [-0.15, -0.1) is 0 Å². The van der Waals surface area contributed by atoms with E-state index in [4.69, 9.17) is 4.74 Å². The van der Waals surface area contributed by atoms with Crippen LogP contribution >= 0.6 is 31.9 Å². The van der Waals surface area contributed by atoms with Gasteiger partial charge in [0.15, 0.2) is 0 Å². The molecule has 0 fully saturated rings. The van der Waals surface area contributed by atoms with Gasteiger partial charge < -0.3 is 4.74 Å². The first-order valence-corrected chi connectivity index (χ1v) is 13.1. The topological polar surface area (TPSA) is 102 Å². The quantitative estimate of drug-likeness (QED) is 0.387. The van der Waals surface area contributed by atoms with Crippen molar-refractivity contribution in [3.05, 3.63) is 75.2 Å². The fourth-order valence-electron chi connectivity index (χ4n) is 2.61. The zero-order chi connectivity index (χ0) is 23.7. The predicted octanol–water partition coefficient (Wildman–Crippen LogP) is 5.10. The molecule has 0 radical (unpaired) electrons. The van der Waals surface area contributed by atoms with Crippen molar-refractivity contribution in [2.24, 2.45) is 0 Å². The smallest absolute Gasteiger partial charge is 0.265 e. The molecule has 32 heavy (non-hydrogen) atoms. The lowest BCUT2D eigenvalue weighted by Gasteiger charge is -2.15. The standard InChI is InChI=1S/C19H14Br2F2N2O5S2/c1-30-16-9-8-11(31(26,27)24-18-12(20)4-2-6-14(18)22)10-17(16)32(28,29)25-19-13(21)5-3-7-15(19)23/h2-10,24-25H,1H3. The monoisotopic (exact) mass is 610 g/mol. The van der Waals surface area contributed by atoms with Crippen LogP contribution in [0.5, 0.6) is 5.75 Å². The second-order valence-electron chi connectivity index (χ2n) is 6.22. The van der Waals surface area contributed by atoms with Gasteiger partial charge >= 0.3 is 0 Å². The molecule has 0 saturated carbocycles. The number of benzene rings is 3. The van der Waals surface area contributed by atoms with Crippen LogP contribution in [0.15, 0.2) is 73.3 Å². The summed E-state index contributed by atoms with van der Waals surface area (Å²) in [7, 11) is -7.71.